The van der Waals surface area contributed by atoms with E-state index >= 15 is 4.57 Å². The molecule has 5 atom stereocenters. The molecule has 0 saturated heterocycles. The Labute approximate surface area is 488 Å². The molecule has 0 heterocycles. The molecule has 0 fully saturated rings. The fourth-order valence-electron chi connectivity index (χ4n) is 8.68. The summed E-state index contributed by atoms with van der Waals surface area (Å²) >= 11 is 0. The molecule has 0 aliphatic rings. The molecule has 5 N–H and O–H groups in total. The lowest BCUT2D eigenvalue weighted by atomic mass is 10.1. The van der Waals surface area contributed by atoms with Crippen LogP contribution < -0.4 is 0 Å². The van der Waals surface area contributed by atoms with Crippen molar-refractivity contribution in [3.8, 4) is 0 Å². The number of hydrogen-bond donors (Lipinski definition) is 5. The van der Waals surface area contributed by atoms with Crippen LogP contribution in [0.15, 0.2) is 152 Å². The molecule has 0 aliphatic heterocycles. The van der Waals surface area contributed by atoms with E-state index in [1.807, 2.05) is 159 Å². The summed E-state index contributed by atoms with van der Waals surface area (Å²) < 4.78 is 57.1. The van der Waals surface area contributed by atoms with Crippen LogP contribution in [0, 0.1) is 23.7 Å². The van der Waals surface area contributed by atoms with Crippen LogP contribution >= 0.6 is 14.7 Å². The van der Waals surface area contributed by atoms with Gasteiger partial charge in [-0.2, -0.15) is 0 Å². The van der Waals surface area contributed by atoms with E-state index in [2.05, 4.69) is 0 Å². The van der Waals surface area contributed by atoms with E-state index in [1.54, 1.807) is 0 Å². The second kappa shape index (κ2) is 36.7. The molecule has 84 heavy (non-hydrogen) atoms. The zero-order chi connectivity index (χ0) is 61.3. The van der Waals surface area contributed by atoms with Crippen LogP contribution in [0.3, 0.4) is 0 Å². The molecule has 0 spiro atoms. The van der Waals surface area contributed by atoms with E-state index in [0.29, 0.717) is 12.8 Å². The minimum Gasteiger partial charge on any atom is -0.481 e. The number of benzene rings is 5. The molecule has 5 unspecified atom stereocenters. The highest BCUT2D eigenvalue weighted by atomic mass is 31.2. The van der Waals surface area contributed by atoms with Crippen molar-refractivity contribution in [2.75, 3.05) is 24.6 Å². The molecule has 0 saturated carbocycles. The van der Waals surface area contributed by atoms with Gasteiger partial charge in [0, 0.05) is 50.3 Å². The Hall–Kier alpha value is -7.76. The first-order chi connectivity index (χ1) is 40.1. The summed E-state index contributed by atoms with van der Waals surface area (Å²) in [5.41, 5.74) is 3.91. The van der Waals surface area contributed by atoms with Crippen LogP contribution in [-0.4, -0.2) is 97.7 Å². The second-order valence-electron chi connectivity index (χ2n) is 20.1. The van der Waals surface area contributed by atoms with Gasteiger partial charge in [-0.05, 0) is 59.9 Å². The molecule has 20 nitrogen and oxygen atoms in total. The van der Waals surface area contributed by atoms with Crippen LogP contribution in [0.1, 0.15) is 105 Å². The lowest BCUT2D eigenvalue weighted by molar-refractivity contribution is -0.151. The Bertz CT molecular complexity index is 2780. The van der Waals surface area contributed by atoms with Crippen LogP contribution in [-0.2, 0) is 97.4 Å². The van der Waals surface area contributed by atoms with Gasteiger partial charge in [0.1, 0.15) is 26.4 Å². The van der Waals surface area contributed by atoms with Gasteiger partial charge in [0.05, 0.1) is 29.8 Å². The third-order valence-corrected chi connectivity index (χ3v) is 17.8. The zero-order valence-corrected chi connectivity index (χ0v) is 48.6. The summed E-state index contributed by atoms with van der Waals surface area (Å²) in [7, 11) is -8.21. The van der Waals surface area contributed by atoms with Gasteiger partial charge in [-0.3, -0.25) is 47.5 Å². The molecule has 5 aromatic carbocycles. The van der Waals surface area contributed by atoms with Crippen LogP contribution in [0.2, 0.25) is 0 Å². The topological polar surface area (TPSA) is 318 Å². The molecule has 5 rings (SSSR count). The molecule has 22 heteroatoms. The third-order valence-electron chi connectivity index (χ3n) is 13.2. The first-order valence-corrected chi connectivity index (χ1v) is 31.5. The van der Waals surface area contributed by atoms with Gasteiger partial charge in [0.25, 0.3) is 0 Å². The quantitative estimate of drug-likeness (QED) is 0.0140. The second-order valence-corrected chi connectivity index (χ2v) is 25.1. The first kappa shape index (κ1) is 68.7. The van der Waals surface area contributed by atoms with Crippen molar-refractivity contribution in [2.24, 2.45) is 23.7 Å². The predicted octanol–water partition coefficient (Wildman–Crippen LogP) is 11.0. The number of carbonyl (C=O) groups is 8. The molecule has 0 aliphatic carbocycles. The third kappa shape index (κ3) is 27.5. The van der Waals surface area contributed by atoms with Crippen molar-refractivity contribution >= 4 is 62.5 Å². The van der Waals surface area contributed by atoms with E-state index in [0.717, 1.165) is 27.8 Å². The first-order valence-electron chi connectivity index (χ1n) is 27.5. The summed E-state index contributed by atoms with van der Waals surface area (Å²) in [6.07, 6.45) is -3.79. The molecule has 5 aromatic rings. The lowest BCUT2D eigenvalue weighted by Gasteiger charge is -2.30. The lowest BCUT2D eigenvalue weighted by Crippen LogP contribution is -2.28. The van der Waals surface area contributed by atoms with Crippen LogP contribution in [0.4, 0.5) is 0 Å². The van der Waals surface area contributed by atoms with Crippen molar-refractivity contribution < 1.29 is 96.3 Å². The Balaban J connectivity index is 0.000000554. The van der Waals surface area contributed by atoms with E-state index in [1.165, 1.54) is 0 Å². The van der Waals surface area contributed by atoms with Gasteiger partial charge < -0.3 is 48.8 Å². The zero-order valence-electron chi connectivity index (χ0n) is 46.8. The molecule has 0 aromatic heterocycles. The highest BCUT2D eigenvalue weighted by molar-refractivity contribution is 7.59. The summed E-state index contributed by atoms with van der Waals surface area (Å²) in [5.74, 6) is -12.7. The van der Waals surface area contributed by atoms with Crippen LogP contribution in [0.5, 0.6) is 0 Å². The maximum Gasteiger partial charge on any atom is 0.309 e. The average Bonchev–Trinajstić information content (AvgIpc) is 3.28. The Morgan fingerprint density at radius 1 is 0.405 bits per heavy atom. The summed E-state index contributed by atoms with van der Waals surface area (Å²) in [4.78, 5) is 107. The maximum atomic E-state index is 15.7. The van der Waals surface area contributed by atoms with Gasteiger partial charge in [-0.15, -0.1) is 0 Å². The molecule has 0 amide bonds. The van der Waals surface area contributed by atoms with E-state index < -0.39 is 117 Å². The van der Waals surface area contributed by atoms with Crippen molar-refractivity contribution in [1.82, 2.24) is 0 Å². The number of aliphatic carboxylic acids is 4. The van der Waals surface area contributed by atoms with Gasteiger partial charge in [-0.25, -0.2) is 0 Å². The highest BCUT2D eigenvalue weighted by Crippen LogP contribution is 2.56. The minimum atomic E-state index is -4.18. The van der Waals surface area contributed by atoms with Gasteiger partial charge >= 0.3 is 47.8 Å². The number of carboxylic acid groups (broad SMARTS) is 4. The number of hydrogen-bond acceptors (Lipinski definition) is 15. The normalized spacial score (nSPS) is 14.2. The Morgan fingerprint density at radius 2 is 0.714 bits per heavy atom. The summed E-state index contributed by atoms with van der Waals surface area (Å²) in [6, 6.07) is 46.2. The van der Waals surface area contributed by atoms with Crippen molar-refractivity contribution in [2.45, 2.75) is 104 Å². The Kier molecular flexibility index (Phi) is 30.1. The van der Waals surface area contributed by atoms with Crippen molar-refractivity contribution in [3.63, 3.8) is 0 Å². The minimum absolute atomic E-state index is 0.0399. The SMILES string of the molecule is CCCC(OP(=O)(CC(CCC(=O)OCc1ccccc1)C(=O)OCc1ccccc1)CC(CCC(=O)OCc1ccccc1)C(=O)OCc1ccccc1)c1ccccc1.O=C(O)CCC(CP(=O)(O)CC(CCC(=O)O)C(=O)O)C(=O)O. The highest BCUT2D eigenvalue weighted by Gasteiger charge is 2.40. The number of carbonyl (C=O) groups excluding carboxylic acids is 4. The molecule has 0 radical (unpaired) electrons. The average molecular weight is 1200 g/mol. The number of ether oxygens (including phenoxy) is 4. The summed E-state index contributed by atoms with van der Waals surface area (Å²) in [5, 5.41) is 34.9. The van der Waals surface area contributed by atoms with Gasteiger partial charge in [-0.1, -0.05) is 165 Å². The van der Waals surface area contributed by atoms with Crippen molar-refractivity contribution in [1.29, 1.82) is 0 Å². The Morgan fingerprint density at radius 3 is 1.02 bits per heavy atom. The fraction of sp³-hybridized carbons (Fsp3) is 0.387. The predicted molar refractivity (Wildman–Crippen MR) is 308 cm³/mol. The summed E-state index contributed by atoms with van der Waals surface area (Å²) in [6.45, 7) is 2.02. The van der Waals surface area contributed by atoms with E-state index in [4.69, 9.17) is 43.9 Å². The molecule has 0 bridgehead atoms. The number of carboxylic acids is 4. The van der Waals surface area contributed by atoms with E-state index in [-0.39, 0.29) is 77.3 Å². The number of rotatable bonds is 37. The fourth-order valence-corrected chi connectivity index (χ4v) is 13.9. The van der Waals surface area contributed by atoms with Gasteiger partial charge in [0.15, 0.2) is 0 Å². The number of esters is 4. The maximum absolute atomic E-state index is 15.7. The monoisotopic (exact) mass is 1200 g/mol. The molecular formula is C62H74O20P2. The molecule has 452 valence electrons. The van der Waals surface area contributed by atoms with Crippen molar-refractivity contribution in [3.05, 3.63) is 179 Å². The van der Waals surface area contributed by atoms with E-state index in [9.17, 15) is 47.8 Å². The largest absolute Gasteiger partial charge is 0.481 e. The standard InChI is InChI=1S/C50H55O10P.C12H19O10P/c1-2-18-46(43-27-16-7-17-28-43)60-61(55,37-44(49(53)58-35-41-23-12-5-13-24-41)29-31-47(51)56-33-39-19-8-3-9-20-39)38-45(50(54)59-36-42-25-14-6-15-26-42)30-32-48(52)57-34-40-21-10-4-11-22-40;13-9(14)3-1-7(11(17)18)5-23(21,22)6-8(12(19)20)2-4-10(15)16/h3-17,19-28,44-46H,2,18,29-38H2,1H3;7-8H,1-6H2,(H,13,14)(H,15,16)(H,17,18)(H,19,20)(H,21,22). The smallest absolute Gasteiger partial charge is 0.309 e. The van der Waals surface area contributed by atoms with Gasteiger partial charge in [0.2, 0.25) is 14.7 Å². The van der Waals surface area contributed by atoms with Crippen LogP contribution in [0.25, 0.3) is 0 Å². The molecular weight excluding hydrogens is 1130 g/mol.